The van der Waals surface area contributed by atoms with Crippen LogP contribution in [0.5, 0.6) is 5.75 Å². The molecule has 2 aromatic rings. The van der Waals surface area contributed by atoms with Gasteiger partial charge in [-0.15, -0.1) is 0 Å². The largest absolute Gasteiger partial charge is 0.489 e. The van der Waals surface area contributed by atoms with Crippen molar-refractivity contribution in [2.75, 3.05) is 13.1 Å². The van der Waals surface area contributed by atoms with Gasteiger partial charge in [0.05, 0.1) is 17.9 Å². The number of aromatic nitrogens is 3. The average Bonchev–Trinajstić information content (AvgIpc) is 2.97. The first-order chi connectivity index (χ1) is 13.6. The summed E-state index contributed by atoms with van der Waals surface area (Å²) in [6.07, 6.45) is 2.50. The Morgan fingerprint density at radius 3 is 2.69 bits per heavy atom. The summed E-state index contributed by atoms with van der Waals surface area (Å²) >= 11 is 0. The van der Waals surface area contributed by atoms with Gasteiger partial charge in [0.15, 0.2) is 0 Å². The zero-order valence-electron chi connectivity index (χ0n) is 17.1. The van der Waals surface area contributed by atoms with E-state index in [1.165, 1.54) is 16.6 Å². The normalized spacial score (nSPS) is 18.2. The molecule has 1 saturated heterocycles. The van der Waals surface area contributed by atoms with E-state index in [-0.39, 0.29) is 29.3 Å². The van der Waals surface area contributed by atoms with E-state index in [2.05, 4.69) is 10.1 Å². The lowest BCUT2D eigenvalue weighted by atomic mass is 10.1. The molecule has 158 valence electrons. The molecule has 1 fully saturated rings. The van der Waals surface area contributed by atoms with Gasteiger partial charge >= 0.3 is 0 Å². The van der Waals surface area contributed by atoms with Gasteiger partial charge < -0.3 is 10.5 Å². The van der Waals surface area contributed by atoms with Crippen LogP contribution in [0.2, 0.25) is 0 Å². The lowest BCUT2D eigenvalue weighted by Crippen LogP contribution is -2.44. The van der Waals surface area contributed by atoms with Crippen molar-refractivity contribution in [1.29, 1.82) is 0 Å². The molecule has 29 heavy (non-hydrogen) atoms. The lowest BCUT2D eigenvalue weighted by molar-refractivity contribution is 0.0993. The summed E-state index contributed by atoms with van der Waals surface area (Å²) in [5.74, 6) is -0.200. The number of primary amides is 1. The molecular formula is C19H27N5O4S. The SMILES string of the molecule is Cc1nn(C(C)C)c(C)c1S(=O)(=O)N1CCCC(Oc2ccnc(C(N)=O)c2)C1. The zero-order valence-corrected chi connectivity index (χ0v) is 17.9. The minimum absolute atomic E-state index is 0.0706. The first-order valence-electron chi connectivity index (χ1n) is 9.59. The summed E-state index contributed by atoms with van der Waals surface area (Å²) in [5.41, 5.74) is 6.50. The second-order valence-electron chi connectivity index (χ2n) is 7.52. The first-order valence-corrected chi connectivity index (χ1v) is 11.0. The Hall–Kier alpha value is -2.46. The Labute approximate surface area is 170 Å². The molecule has 2 aromatic heterocycles. The predicted molar refractivity (Wildman–Crippen MR) is 107 cm³/mol. The maximum Gasteiger partial charge on any atom is 0.267 e. The topological polar surface area (TPSA) is 120 Å². The Morgan fingerprint density at radius 1 is 1.34 bits per heavy atom. The number of aryl methyl sites for hydroxylation is 1. The van der Waals surface area contributed by atoms with E-state index in [4.69, 9.17) is 10.5 Å². The van der Waals surface area contributed by atoms with Crippen LogP contribution in [-0.2, 0) is 10.0 Å². The molecule has 0 saturated carbocycles. The maximum atomic E-state index is 13.4. The van der Waals surface area contributed by atoms with Gasteiger partial charge in [-0.2, -0.15) is 9.40 Å². The highest BCUT2D eigenvalue weighted by Crippen LogP contribution is 2.28. The molecule has 0 aliphatic carbocycles. The highest BCUT2D eigenvalue weighted by molar-refractivity contribution is 7.89. The molecule has 0 bridgehead atoms. The number of carbonyl (C=O) groups is 1. The highest BCUT2D eigenvalue weighted by Gasteiger charge is 2.35. The van der Waals surface area contributed by atoms with E-state index in [0.717, 1.165) is 0 Å². The minimum atomic E-state index is -3.70. The van der Waals surface area contributed by atoms with Crippen LogP contribution in [0.25, 0.3) is 0 Å². The summed E-state index contributed by atoms with van der Waals surface area (Å²) in [7, 11) is -3.70. The maximum absolute atomic E-state index is 13.4. The summed E-state index contributed by atoms with van der Waals surface area (Å²) in [6, 6.07) is 3.17. The minimum Gasteiger partial charge on any atom is -0.489 e. The molecule has 9 nitrogen and oxygen atoms in total. The molecule has 1 unspecified atom stereocenters. The molecule has 2 N–H and O–H groups in total. The van der Waals surface area contributed by atoms with Crippen LogP contribution in [-0.4, -0.2) is 52.6 Å². The summed E-state index contributed by atoms with van der Waals surface area (Å²) < 4.78 is 35.8. The molecule has 1 atom stereocenters. The Morgan fingerprint density at radius 2 is 2.07 bits per heavy atom. The first kappa shape index (κ1) is 21.3. The third-order valence-corrected chi connectivity index (χ3v) is 7.09. The summed E-state index contributed by atoms with van der Waals surface area (Å²) in [4.78, 5) is 15.5. The fourth-order valence-electron chi connectivity index (χ4n) is 3.68. The van der Waals surface area contributed by atoms with Crippen molar-refractivity contribution >= 4 is 15.9 Å². The smallest absolute Gasteiger partial charge is 0.267 e. The summed E-state index contributed by atoms with van der Waals surface area (Å²) in [5, 5.41) is 4.41. The molecule has 3 rings (SSSR count). The van der Waals surface area contributed by atoms with Gasteiger partial charge in [0, 0.05) is 24.8 Å². The van der Waals surface area contributed by atoms with Crippen molar-refractivity contribution in [1.82, 2.24) is 19.1 Å². The van der Waals surface area contributed by atoms with Gasteiger partial charge in [-0.25, -0.2) is 8.42 Å². The second kappa shape index (κ2) is 8.11. The van der Waals surface area contributed by atoms with Gasteiger partial charge in [0.1, 0.15) is 22.4 Å². The van der Waals surface area contributed by atoms with Gasteiger partial charge in [-0.3, -0.25) is 14.5 Å². The lowest BCUT2D eigenvalue weighted by Gasteiger charge is -2.32. The van der Waals surface area contributed by atoms with E-state index in [1.54, 1.807) is 24.6 Å². The molecule has 0 spiro atoms. The van der Waals surface area contributed by atoms with Gasteiger partial charge in [0.2, 0.25) is 10.0 Å². The standard InChI is InChI=1S/C19H27N5O4S/c1-12(2)24-14(4)18(13(3)22-24)29(26,27)23-9-5-6-16(11-23)28-15-7-8-21-17(10-15)19(20)25/h7-8,10,12,16H,5-6,9,11H2,1-4H3,(H2,20,25). The number of piperidine rings is 1. The molecule has 0 aromatic carbocycles. The van der Waals surface area contributed by atoms with Crippen LogP contribution >= 0.6 is 0 Å². The number of nitrogens with two attached hydrogens (primary N) is 1. The van der Waals surface area contributed by atoms with Crippen LogP contribution in [0.4, 0.5) is 0 Å². The Bertz CT molecular complexity index is 1020. The number of hydrogen-bond donors (Lipinski definition) is 1. The van der Waals surface area contributed by atoms with E-state index >= 15 is 0 Å². The van der Waals surface area contributed by atoms with Gasteiger partial charge in [-0.05, 0) is 46.6 Å². The highest BCUT2D eigenvalue weighted by atomic mass is 32.2. The fourth-order valence-corrected chi connectivity index (χ4v) is 5.56. The number of hydrogen-bond acceptors (Lipinski definition) is 6. The van der Waals surface area contributed by atoms with E-state index in [1.807, 2.05) is 13.8 Å². The Kier molecular flexibility index (Phi) is 5.95. The molecule has 10 heteroatoms. The zero-order chi connectivity index (χ0) is 21.3. The third kappa shape index (κ3) is 4.27. The van der Waals surface area contributed by atoms with Crippen LogP contribution in [0.15, 0.2) is 23.2 Å². The number of ether oxygens (including phenoxy) is 1. The van der Waals surface area contributed by atoms with Crippen molar-refractivity contribution in [2.45, 2.75) is 57.6 Å². The van der Waals surface area contributed by atoms with E-state index in [9.17, 15) is 13.2 Å². The number of carbonyl (C=O) groups excluding carboxylic acids is 1. The number of pyridine rings is 1. The van der Waals surface area contributed by atoms with Crippen LogP contribution in [0.3, 0.4) is 0 Å². The van der Waals surface area contributed by atoms with E-state index in [0.29, 0.717) is 36.5 Å². The molecule has 1 amide bonds. The molecule has 3 heterocycles. The molecule has 1 aliphatic rings. The van der Waals surface area contributed by atoms with E-state index < -0.39 is 15.9 Å². The average molecular weight is 422 g/mol. The molecule has 0 radical (unpaired) electrons. The van der Waals surface area contributed by atoms with Crippen molar-refractivity contribution in [3.8, 4) is 5.75 Å². The molecular weight excluding hydrogens is 394 g/mol. The van der Waals surface area contributed by atoms with Crippen molar-refractivity contribution < 1.29 is 17.9 Å². The van der Waals surface area contributed by atoms with Gasteiger partial charge in [-0.1, -0.05) is 0 Å². The molecule has 1 aliphatic heterocycles. The number of rotatable bonds is 6. The predicted octanol–water partition coefficient (Wildman–Crippen LogP) is 1.81. The van der Waals surface area contributed by atoms with Crippen molar-refractivity contribution in [2.24, 2.45) is 5.73 Å². The van der Waals surface area contributed by atoms with Crippen LogP contribution in [0.1, 0.15) is 54.6 Å². The number of amides is 1. The number of sulfonamides is 1. The number of nitrogens with zero attached hydrogens (tertiary/aromatic N) is 4. The van der Waals surface area contributed by atoms with Gasteiger partial charge in [0.25, 0.3) is 5.91 Å². The second-order valence-corrected chi connectivity index (χ2v) is 9.40. The monoisotopic (exact) mass is 421 g/mol. The summed E-state index contributed by atoms with van der Waals surface area (Å²) in [6.45, 7) is 8.09. The van der Waals surface area contributed by atoms with Crippen LogP contribution in [0, 0.1) is 13.8 Å². The quantitative estimate of drug-likeness (QED) is 0.759. The van der Waals surface area contributed by atoms with Crippen LogP contribution < -0.4 is 10.5 Å². The van der Waals surface area contributed by atoms with Crippen molar-refractivity contribution in [3.63, 3.8) is 0 Å². The van der Waals surface area contributed by atoms with Crippen molar-refractivity contribution in [3.05, 3.63) is 35.4 Å². The Balaban J connectivity index is 1.82. The third-order valence-electron chi connectivity index (χ3n) is 4.97. The fraction of sp³-hybridized carbons (Fsp3) is 0.526.